The quantitative estimate of drug-likeness (QED) is 0.671. The van der Waals surface area contributed by atoms with Crippen molar-refractivity contribution in [2.45, 2.75) is 4.90 Å². The molecule has 1 heterocycles. The first kappa shape index (κ1) is 19.8. The van der Waals surface area contributed by atoms with Gasteiger partial charge in [0.25, 0.3) is 11.8 Å². The Hall–Kier alpha value is -2.95. The fourth-order valence-electron chi connectivity index (χ4n) is 2.79. The number of morpholine rings is 1. The van der Waals surface area contributed by atoms with Gasteiger partial charge in [0.1, 0.15) is 5.75 Å². The first-order valence-corrected chi connectivity index (χ1v) is 9.86. The lowest BCUT2D eigenvalue weighted by Gasteiger charge is -2.26. The molecule has 0 atom stereocenters. The van der Waals surface area contributed by atoms with Crippen LogP contribution in [0.15, 0.2) is 47.4 Å². The van der Waals surface area contributed by atoms with E-state index in [9.17, 15) is 23.1 Å². The Balaban J connectivity index is 1.91. The number of anilines is 1. The van der Waals surface area contributed by atoms with Crippen LogP contribution in [-0.4, -0.2) is 55.9 Å². The van der Waals surface area contributed by atoms with Gasteiger partial charge in [0.2, 0.25) is 10.0 Å². The predicted octanol–water partition coefficient (Wildman–Crippen LogP) is 0.764. The van der Waals surface area contributed by atoms with Crippen molar-refractivity contribution in [3.05, 3.63) is 53.6 Å². The maximum absolute atomic E-state index is 12.8. The van der Waals surface area contributed by atoms with Crippen LogP contribution in [0.25, 0.3) is 0 Å². The number of nitrogens with zero attached hydrogens (tertiary/aromatic N) is 1. The molecular weight excluding hydrogens is 386 g/mol. The zero-order valence-corrected chi connectivity index (χ0v) is 15.6. The number of aromatic hydroxyl groups is 1. The number of amides is 2. The van der Waals surface area contributed by atoms with E-state index in [1.54, 1.807) is 12.1 Å². The largest absolute Gasteiger partial charge is 0.507 e. The molecule has 0 spiro atoms. The van der Waals surface area contributed by atoms with Crippen LogP contribution in [0.1, 0.15) is 20.7 Å². The van der Waals surface area contributed by atoms with Gasteiger partial charge in [-0.05, 0) is 30.3 Å². The summed E-state index contributed by atoms with van der Waals surface area (Å²) in [5, 5.41) is 12.5. The summed E-state index contributed by atoms with van der Waals surface area (Å²) in [6.45, 7) is 0.983. The first-order chi connectivity index (χ1) is 13.3. The molecule has 0 aromatic heterocycles. The summed E-state index contributed by atoms with van der Waals surface area (Å²) in [6.07, 6.45) is 0. The van der Waals surface area contributed by atoms with Crippen molar-refractivity contribution < 1.29 is 27.9 Å². The van der Waals surface area contributed by atoms with Crippen molar-refractivity contribution in [1.29, 1.82) is 0 Å². The number of carbonyl (C=O) groups excluding carboxylic acids is 2. The summed E-state index contributed by atoms with van der Waals surface area (Å²) < 4.78 is 32.0. The van der Waals surface area contributed by atoms with Crippen LogP contribution in [0.2, 0.25) is 0 Å². The van der Waals surface area contributed by atoms with Crippen molar-refractivity contribution in [2.24, 2.45) is 5.73 Å². The second kappa shape index (κ2) is 7.97. The molecule has 1 fully saturated rings. The first-order valence-electron chi connectivity index (χ1n) is 8.42. The molecule has 148 valence electrons. The van der Waals surface area contributed by atoms with Gasteiger partial charge in [-0.3, -0.25) is 9.59 Å². The van der Waals surface area contributed by atoms with Gasteiger partial charge in [-0.1, -0.05) is 12.1 Å². The zero-order valence-electron chi connectivity index (χ0n) is 14.8. The number of rotatable bonds is 5. The number of carbonyl (C=O) groups is 2. The third-order valence-electron chi connectivity index (χ3n) is 4.26. The number of benzene rings is 2. The number of phenolic OH excluding ortho intramolecular Hbond substituents is 1. The Bertz CT molecular complexity index is 1020. The Labute approximate surface area is 161 Å². The monoisotopic (exact) mass is 405 g/mol. The number of sulfonamides is 1. The molecular formula is C18H19N3O6S. The van der Waals surface area contributed by atoms with Crippen LogP contribution in [0, 0.1) is 0 Å². The summed E-state index contributed by atoms with van der Waals surface area (Å²) in [4.78, 5) is 24.0. The smallest absolute Gasteiger partial charge is 0.259 e. The lowest BCUT2D eigenvalue weighted by molar-refractivity contribution is 0.0730. The highest BCUT2D eigenvalue weighted by Crippen LogP contribution is 2.26. The zero-order chi connectivity index (χ0) is 20.3. The highest BCUT2D eigenvalue weighted by molar-refractivity contribution is 7.89. The standard InChI is InChI=1S/C18H19N3O6S/c19-17(23)13-3-1-2-4-15(13)20-18(24)14-11-12(5-6-16(14)22)28(25,26)21-7-9-27-10-8-21/h1-6,11,22H,7-10H2,(H2,19,23)(H,20,24). The molecule has 1 saturated heterocycles. The third kappa shape index (κ3) is 3.98. The summed E-state index contributed by atoms with van der Waals surface area (Å²) in [7, 11) is -3.84. The van der Waals surface area contributed by atoms with Crippen LogP contribution in [0.4, 0.5) is 5.69 Å². The molecule has 1 aliphatic heterocycles. The van der Waals surface area contributed by atoms with Gasteiger partial charge < -0.3 is 20.9 Å². The topological polar surface area (TPSA) is 139 Å². The van der Waals surface area contributed by atoms with Crippen LogP contribution in [0.3, 0.4) is 0 Å². The van der Waals surface area contributed by atoms with Crippen molar-refractivity contribution in [1.82, 2.24) is 4.31 Å². The van der Waals surface area contributed by atoms with Gasteiger partial charge >= 0.3 is 0 Å². The van der Waals surface area contributed by atoms with E-state index < -0.39 is 27.6 Å². The second-order valence-corrected chi connectivity index (χ2v) is 8.00. The minimum Gasteiger partial charge on any atom is -0.507 e. The number of nitrogens with one attached hydrogen (secondary N) is 1. The molecule has 2 aromatic rings. The second-order valence-electron chi connectivity index (χ2n) is 6.06. The van der Waals surface area contributed by atoms with Crippen molar-refractivity contribution >= 4 is 27.5 Å². The highest BCUT2D eigenvalue weighted by Gasteiger charge is 2.28. The molecule has 4 N–H and O–H groups in total. The number of hydrogen-bond acceptors (Lipinski definition) is 6. The Morgan fingerprint density at radius 2 is 1.75 bits per heavy atom. The maximum atomic E-state index is 12.8. The molecule has 0 saturated carbocycles. The molecule has 2 amide bonds. The van der Waals surface area contributed by atoms with Crippen LogP contribution in [-0.2, 0) is 14.8 Å². The van der Waals surface area contributed by atoms with E-state index in [2.05, 4.69) is 5.32 Å². The molecule has 0 radical (unpaired) electrons. The molecule has 0 bridgehead atoms. The van der Waals surface area contributed by atoms with Gasteiger partial charge in [-0.2, -0.15) is 4.31 Å². The molecule has 1 aliphatic rings. The van der Waals surface area contributed by atoms with Gasteiger partial charge in [0, 0.05) is 13.1 Å². The van der Waals surface area contributed by atoms with Gasteiger partial charge in [0.15, 0.2) is 0 Å². The number of para-hydroxylation sites is 1. The predicted molar refractivity (Wildman–Crippen MR) is 101 cm³/mol. The van der Waals surface area contributed by atoms with E-state index in [-0.39, 0.29) is 48.0 Å². The number of primary amides is 1. The van der Waals surface area contributed by atoms with Crippen molar-refractivity contribution in [3.63, 3.8) is 0 Å². The summed E-state index contributed by atoms with van der Waals surface area (Å²) in [6, 6.07) is 9.57. The minimum atomic E-state index is -3.84. The lowest BCUT2D eigenvalue weighted by Crippen LogP contribution is -2.40. The summed E-state index contributed by atoms with van der Waals surface area (Å²) >= 11 is 0. The third-order valence-corrected chi connectivity index (χ3v) is 6.16. The average molecular weight is 405 g/mol. The Morgan fingerprint density at radius 3 is 2.43 bits per heavy atom. The van der Waals surface area contributed by atoms with Crippen LogP contribution < -0.4 is 11.1 Å². The molecule has 0 aliphatic carbocycles. The van der Waals surface area contributed by atoms with E-state index in [4.69, 9.17) is 10.5 Å². The molecule has 9 nitrogen and oxygen atoms in total. The fraction of sp³-hybridized carbons (Fsp3) is 0.222. The molecule has 0 unspecified atom stereocenters. The van der Waals surface area contributed by atoms with E-state index in [0.717, 1.165) is 12.1 Å². The Kier molecular flexibility index (Phi) is 5.63. The molecule has 3 rings (SSSR count). The highest BCUT2D eigenvalue weighted by atomic mass is 32.2. The molecule has 2 aromatic carbocycles. The van der Waals surface area contributed by atoms with Crippen molar-refractivity contribution in [3.8, 4) is 5.75 Å². The number of ether oxygens (including phenoxy) is 1. The average Bonchev–Trinajstić information content (AvgIpc) is 2.69. The van der Waals surface area contributed by atoms with Crippen LogP contribution in [0.5, 0.6) is 5.75 Å². The number of hydrogen-bond donors (Lipinski definition) is 3. The van der Waals surface area contributed by atoms with Crippen molar-refractivity contribution in [2.75, 3.05) is 31.6 Å². The number of phenols is 1. The summed E-state index contributed by atoms with van der Waals surface area (Å²) in [5.41, 5.74) is 5.29. The number of nitrogens with two attached hydrogens (primary N) is 1. The molecule has 10 heteroatoms. The van der Waals surface area contributed by atoms with E-state index in [0.29, 0.717) is 0 Å². The van der Waals surface area contributed by atoms with Gasteiger partial charge in [-0.15, -0.1) is 0 Å². The minimum absolute atomic E-state index is 0.0902. The van der Waals surface area contributed by atoms with E-state index >= 15 is 0 Å². The SMILES string of the molecule is NC(=O)c1ccccc1NC(=O)c1cc(S(=O)(=O)N2CCOCC2)ccc1O. The normalized spacial score (nSPS) is 15.1. The fourth-order valence-corrected chi connectivity index (χ4v) is 4.22. The Morgan fingerprint density at radius 1 is 1.07 bits per heavy atom. The lowest BCUT2D eigenvalue weighted by atomic mass is 10.1. The van der Waals surface area contributed by atoms with Crippen LogP contribution >= 0.6 is 0 Å². The van der Waals surface area contributed by atoms with Gasteiger partial charge in [0.05, 0.1) is 34.9 Å². The molecule has 28 heavy (non-hydrogen) atoms. The van der Waals surface area contributed by atoms with Gasteiger partial charge in [-0.25, -0.2) is 8.42 Å². The van der Waals surface area contributed by atoms with E-state index in [1.165, 1.54) is 22.5 Å². The summed E-state index contributed by atoms with van der Waals surface area (Å²) in [5.74, 6) is -1.90. The maximum Gasteiger partial charge on any atom is 0.259 e. The van der Waals surface area contributed by atoms with E-state index in [1.807, 2.05) is 0 Å².